The molecule has 0 aromatic carbocycles. The van der Waals surface area contributed by atoms with E-state index in [0.29, 0.717) is 16.7 Å². The summed E-state index contributed by atoms with van der Waals surface area (Å²) < 4.78 is 0. The fraction of sp³-hybridized carbons (Fsp3) is 0.895. The maximum absolute atomic E-state index is 12.1. The van der Waals surface area contributed by atoms with Gasteiger partial charge in [0.2, 0.25) is 5.91 Å². The molecule has 2 fully saturated rings. The summed E-state index contributed by atoms with van der Waals surface area (Å²) in [6, 6.07) is -0.988. The van der Waals surface area contributed by atoms with Crippen molar-refractivity contribution in [2.75, 3.05) is 0 Å². The smallest absolute Gasteiger partial charge is 0.305 e. The Morgan fingerprint density at radius 2 is 1.96 bits per heavy atom. The molecule has 5 nitrogen and oxygen atoms in total. The number of hydrogen-bond donors (Lipinski definition) is 3. The number of nitrogens with one attached hydrogen (secondary N) is 1. The first-order valence-corrected chi connectivity index (χ1v) is 9.17. The minimum absolute atomic E-state index is 0.336. The topological polar surface area (TPSA) is 92.4 Å². The highest BCUT2D eigenvalue weighted by Crippen LogP contribution is 2.67. The van der Waals surface area contributed by atoms with Crippen molar-refractivity contribution in [3.8, 4) is 0 Å². The Labute approximate surface area is 145 Å². The average Bonchev–Trinajstić information content (AvgIpc) is 2.87. The molecule has 0 aliphatic heterocycles. The first-order chi connectivity index (χ1) is 10.9. The highest BCUT2D eigenvalue weighted by atomic mass is 16.4. The second-order valence-electron chi connectivity index (χ2n) is 9.58. The lowest BCUT2D eigenvalue weighted by Crippen LogP contribution is -2.51. The number of nitrogens with two attached hydrogens (primary N) is 1. The largest absolute Gasteiger partial charge is 0.481 e. The van der Waals surface area contributed by atoms with Gasteiger partial charge in [-0.3, -0.25) is 9.59 Å². The van der Waals surface area contributed by atoms with Crippen molar-refractivity contribution in [3.05, 3.63) is 0 Å². The molecule has 2 rings (SSSR count). The minimum atomic E-state index is -1.05. The summed E-state index contributed by atoms with van der Waals surface area (Å²) in [5, 5.41) is 11.7. The molecule has 4 N–H and O–H groups in total. The van der Waals surface area contributed by atoms with Gasteiger partial charge in [0, 0.05) is 5.54 Å². The van der Waals surface area contributed by atoms with Gasteiger partial charge in [0.25, 0.3) is 0 Å². The van der Waals surface area contributed by atoms with E-state index in [1.54, 1.807) is 0 Å². The minimum Gasteiger partial charge on any atom is -0.481 e. The molecule has 0 aromatic rings. The number of amides is 1. The number of carboxylic acid groups (broad SMARTS) is 1. The predicted molar refractivity (Wildman–Crippen MR) is 94.4 cm³/mol. The maximum atomic E-state index is 12.1. The van der Waals surface area contributed by atoms with E-state index in [1.165, 1.54) is 19.3 Å². The molecule has 1 amide bonds. The Morgan fingerprint density at radius 1 is 1.33 bits per heavy atom. The first-order valence-electron chi connectivity index (χ1n) is 9.17. The molecule has 2 aliphatic carbocycles. The number of fused-ring (bicyclic) bond motifs is 2. The van der Waals surface area contributed by atoms with E-state index in [4.69, 9.17) is 10.8 Å². The molecule has 2 saturated carbocycles. The summed E-state index contributed by atoms with van der Waals surface area (Å²) in [4.78, 5) is 22.8. The quantitative estimate of drug-likeness (QED) is 0.665. The zero-order chi connectivity index (χ0) is 18.3. The Hall–Kier alpha value is -1.10. The highest BCUT2D eigenvalue weighted by molar-refractivity contribution is 5.86. The van der Waals surface area contributed by atoms with E-state index >= 15 is 0 Å². The summed E-state index contributed by atoms with van der Waals surface area (Å²) in [5.74, 6) is 0.0785. The van der Waals surface area contributed by atoms with Crippen LogP contribution in [-0.2, 0) is 9.59 Å². The number of carbonyl (C=O) groups excluding carboxylic acids is 1. The second-order valence-corrected chi connectivity index (χ2v) is 9.58. The molecule has 5 heteroatoms. The Balaban J connectivity index is 1.93. The molecule has 0 saturated heterocycles. The van der Waals surface area contributed by atoms with Gasteiger partial charge in [0.1, 0.15) is 0 Å². The van der Waals surface area contributed by atoms with Crippen LogP contribution in [0.25, 0.3) is 0 Å². The monoisotopic (exact) mass is 338 g/mol. The van der Waals surface area contributed by atoms with E-state index in [-0.39, 0.29) is 17.9 Å². The van der Waals surface area contributed by atoms with Crippen LogP contribution in [0.5, 0.6) is 0 Å². The van der Waals surface area contributed by atoms with E-state index in [1.807, 2.05) is 13.8 Å². The van der Waals surface area contributed by atoms with Crippen LogP contribution in [0.4, 0.5) is 0 Å². The third-order valence-corrected chi connectivity index (χ3v) is 6.82. The van der Waals surface area contributed by atoms with E-state index in [9.17, 15) is 9.59 Å². The summed E-state index contributed by atoms with van der Waals surface area (Å²) in [6.45, 7) is 11.2. The zero-order valence-corrected chi connectivity index (χ0v) is 15.8. The standard InChI is InChI=1S/C19H34N2O3/c1-17(2,21-16(24)13(20)10-15(22)23)8-7-14-18(3,4)12-6-9-19(14,5)11-12/h12-14H,6-11,20H2,1-5H3,(H,21,24)(H,22,23)/t12?,13-,14?,19?/m0/s1. The normalized spacial score (nSPS) is 32.6. The SMILES string of the molecule is CC(C)(CCC1C2(C)CCC(C2)C1(C)C)NC(=O)[C@@H](N)CC(=O)O. The lowest BCUT2D eigenvalue weighted by molar-refractivity contribution is -0.139. The van der Waals surface area contributed by atoms with Crippen LogP contribution in [0.15, 0.2) is 0 Å². The van der Waals surface area contributed by atoms with Crippen LogP contribution >= 0.6 is 0 Å². The molecule has 138 valence electrons. The van der Waals surface area contributed by atoms with Crippen molar-refractivity contribution in [1.29, 1.82) is 0 Å². The first kappa shape index (κ1) is 19.2. The van der Waals surface area contributed by atoms with Gasteiger partial charge < -0.3 is 16.2 Å². The summed E-state index contributed by atoms with van der Waals surface area (Å²) in [5.41, 5.74) is 6.10. The number of carbonyl (C=O) groups is 2. The van der Waals surface area contributed by atoms with Crippen molar-refractivity contribution in [2.45, 2.75) is 84.7 Å². The number of hydrogen-bond acceptors (Lipinski definition) is 3. The Bertz CT molecular complexity index is 510. The van der Waals surface area contributed by atoms with Crippen molar-refractivity contribution >= 4 is 11.9 Å². The van der Waals surface area contributed by atoms with Gasteiger partial charge in [0.05, 0.1) is 12.5 Å². The molecule has 3 unspecified atom stereocenters. The van der Waals surface area contributed by atoms with Gasteiger partial charge in [-0.2, -0.15) is 0 Å². The van der Waals surface area contributed by atoms with Crippen molar-refractivity contribution < 1.29 is 14.7 Å². The molecule has 2 bridgehead atoms. The van der Waals surface area contributed by atoms with E-state index < -0.39 is 12.0 Å². The molecule has 4 atom stereocenters. The van der Waals surface area contributed by atoms with E-state index in [0.717, 1.165) is 18.8 Å². The van der Waals surface area contributed by atoms with Crippen LogP contribution in [0, 0.1) is 22.7 Å². The second kappa shape index (κ2) is 6.32. The van der Waals surface area contributed by atoms with Gasteiger partial charge in [-0.15, -0.1) is 0 Å². The third-order valence-electron chi connectivity index (χ3n) is 6.82. The fourth-order valence-corrected chi connectivity index (χ4v) is 5.40. The Morgan fingerprint density at radius 3 is 2.46 bits per heavy atom. The van der Waals surface area contributed by atoms with Crippen molar-refractivity contribution in [3.63, 3.8) is 0 Å². The van der Waals surface area contributed by atoms with Crippen LogP contribution in [0.2, 0.25) is 0 Å². The molecule has 0 spiro atoms. The number of carboxylic acids is 1. The van der Waals surface area contributed by atoms with Gasteiger partial charge in [-0.1, -0.05) is 20.8 Å². The third kappa shape index (κ3) is 3.76. The number of rotatable bonds is 7. The number of aliphatic carboxylic acids is 1. The molecule has 24 heavy (non-hydrogen) atoms. The molecule has 2 aliphatic rings. The van der Waals surface area contributed by atoms with Crippen LogP contribution in [0.1, 0.15) is 73.1 Å². The van der Waals surface area contributed by atoms with Crippen LogP contribution in [0.3, 0.4) is 0 Å². The summed E-state index contributed by atoms with van der Waals surface area (Å²) in [6.07, 6.45) is 5.64. The van der Waals surface area contributed by atoms with Crippen LogP contribution < -0.4 is 11.1 Å². The molecule has 0 radical (unpaired) electrons. The van der Waals surface area contributed by atoms with Gasteiger partial charge in [0.15, 0.2) is 0 Å². The van der Waals surface area contributed by atoms with Crippen molar-refractivity contribution in [2.24, 2.45) is 28.4 Å². The maximum Gasteiger partial charge on any atom is 0.305 e. The molecule has 0 heterocycles. The van der Waals surface area contributed by atoms with Gasteiger partial charge in [-0.25, -0.2) is 0 Å². The van der Waals surface area contributed by atoms with Crippen molar-refractivity contribution in [1.82, 2.24) is 5.32 Å². The highest BCUT2D eigenvalue weighted by Gasteiger charge is 2.58. The molecule has 0 aromatic heterocycles. The van der Waals surface area contributed by atoms with Crippen LogP contribution in [-0.4, -0.2) is 28.6 Å². The molecular weight excluding hydrogens is 304 g/mol. The predicted octanol–water partition coefficient (Wildman–Crippen LogP) is 2.93. The zero-order valence-electron chi connectivity index (χ0n) is 15.8. The summed E-state index contributed by atoms with van der Waals surface area (Å²) in [7, 11) is 0. The van der Waals surface area contributed by atoms with Gasteiger partial charge >= 0.3 is 5.97 Å². The average molecular weight is 338 g/mol. The van der Waals surface area contributed by atoms with Gasteiger partial charge in [-0.05, 0) is 68.6 Å². The lowest BCUT2D eigenvalue weighted by atomic mass is 9.62. The lowest BCUT2D eigenvalue weighted by Gasteiger charge is -2.44. The molecular formula is C19H34N2O3. The Kier molecular flexibility index (Phi) is 5.06. The van der Waals surface area contributed by atoms with E-state index in [2.05, 4.69) is 26.1 Å². The fourth-order valence-electron chi connectivity index (χ4n) is 5.40. The summed E-state index contributed by atoms with van der Waals surface area (Å²) >= 11 is 0.